The maximum absolute atomic E-state index is 12.6. The van der Waals surface area contributed by atoms with E-state index < -0.39 is 6.04 Å². The van der Waals surface area contributed by atoms with E-state index in [1.54, 1.807) is 0 Å². The Balaban J connectivity index is 1.43. The number of nitrogens with one attached hydrogen (secondary N) is 2. The minimum atomic E-state index is -0.485. The fourth-order valence-electron chi connectivity index (χ4n) is 3.59. The lowest BCUT2D eigenvalue weighted by Crippen LogP contribution is -2.34. The number of hydrogen-bond acceptors (Lipinski definition) is 3. The second-order valence-electron chi connectivity index (χ2n) is 6.48. The fraction of sp³-hybridized carbons (Fsp3) is 0.444. The molecule has 6 heteroatoms. The molecule has 2 aliphatic heterocycles. The van der Waals surface area contributed by atoms with Gasteiger partial charge in [-0.05, 0) is 30.9 Å². The summed E-state index contributed by atoms with van der Waals surface area (Å²) in [7, 11) is 0. The summed E-state index contributed by atoms with van der Waals surface area (Å²) in [5.41, 5.74) is 2.09. The van der Waals surface area contributed by atoms with Crippen molar-refractivity contribution < 1.29 is 14.3 Å². The van der Waals surface area contributed by atoms with Gasteiger partial charge >= 0.3 is 6.03 Å². The minimum absolute atomic E-state index is 0.136. The van der Waals surface area contributed by atoms with Gasteiger partial charge in [-0.2, -0.15) is 0 Å². The number of imide groups is 1. The van der Waals surface area contributed by atoms with Crippen LogP contribution in [0.15, 0.2) is 30.5 Å². The van der Waals surface area contributed by atoms with Gasteiger partial charge in [-0.15, -0.1) is 0 Å². The highest BCUT2D eigenvalue weighted by molar-refractivity contribution is 6.04. The largest absolute Gasteiger partial charge is 0.378 e. The van der Waals surface area contributed by atoms with Crippen molar-refractivity contribution in [1.82, 2.24) is 15.2 Å². The Kier molecular flexibility index (Phi) is 3.98. The Hall–Kier alpha value is -2.34. The first-order chi connectivity index (χ1) is 11.7. The minimum Gasteiger partial charge on any atom is -0.378 e. The molecule has 1 aromatic carbocycles. The summed E-state index contributed by atoms with van der Waals surface area (Å²) in [6.07, 6.45) is 5.40. The lowest BCUT2D eigenvalue weighted by molar-refractivity contribution is -0.127. The molecule has 0 saturated carbocycles. The highest BCUT2D eigenvalue weighted by Gasteiger charge is 2.38. The highest BCUT2D eigenvalue weighted by Crippen LogP contribution is 2.22. The van der Waals surface area contributed by atoms with Crippen molar-refractivity contribution in [3.63, 3.8) is 0 Å². The van der Waals surface area contributed by atoms with E-state index in [1.165, 1.54) is 4.90 Å². The molecule has 2 saturated heterocycles. The number of carbonyl (C=O) groups is 2. The standard InChI is InChI=1S/C18H21N3O3/c22-17-16(10-12-11-19-15-6-2-1-5-14(12)15)20-18(23)21(17)8-7-13-4-3-9-24-13/h1-2,5-6,11,13,16,19H,3-4,7-10H2,(H,20,23). The number of rotatable bonds is 5. The quantitative estimate of drug-likeness (QED) is 0.827. The van der Waals surface area contributed by atoms with Gasteiger partial charge in [0.2, 0.25) is 0 Å². The number of carbonyl (C=O) groups excluding carboxylic acids is 2. The average Bonchev–Trinajstić information content (AvgIpc) is 3.29. The van der Waals surface area contributed by atoms with Crippen LogP contribution in [0, 0.1) is 0 Å². The lowest BCUT2D eigenvalue weighted by Gasteiger charge is -2.15. The fourth-order valence-corrected chi connectivity index (χ4v) is 3.59. The SMILES string of the molecule is O=C1NC(Cc2c[nH]c3ccccc23)C(=O)N1CCC1CCCO1. The van der Waals surface area contributed by atoms with Gasteiger partial charge in [0, 0.05) is 36.7 Å². The molecule has 2 aliphatic rings. The molecule has 1 aromatic heterocycles. The third-order valence-corrected chi connectivity index (χ3v) is 4.90. The van der Waals surface area contributed by atoms with Gasteiger partial charge in [0.25, 0.3) is 5.91 Å². The van der Waals surface area contributed by atoms with E-state index in [9.17, 15) is 9.59 Å². The number of amides is 3. The summed E-state index contributed by atoms with van der Waals surface area (Å²) >= 11 is 0. The molecule has 126 valence electrons. The predicted octanol–water partition coefficient (Wildman–Crippen LogP) is 2.20. The number of benzene rings is 1. The van der Waals surface area contributed by atoms with Crippen LogP contribution in [0.3, 0.4) is 0 Å². The van der Waals surface area contributed by atoms with E-state index in [0.29, 0.717) is 13.0 Å². The van der Waals surface area contributed by atoms with Gasteiger partial charge in [-0.3, -0.25) is 9.69 Å². The molecule has 0 spiro atoms. The van der Waals surface area contributed by atoms with E-state index in [1.807, 2.05) is 30.5 Å². The number of aromatic amines is 1. The van der Waals surface area contributed by atoms with Crippen molar-refractivity contribution >= 4 is 22.8 Å². The summed E-state index contributed by atoms with van der Waals surface area (Å²) in [6, 6.07) is 7.20. The van der Waals surface area contributed by atoms with Crippen LogP contribution in [0.1, 0.15) is 24.8 Å². The predicted molar refractivity (Wildman–Crippen MR) is 89.6 cm³/mol. The van der Waals surface area contributed by atoms with Crippen molar-refractivity contribution in [3.05, 3.63) is 36.0 Å². The van der Waals surface area contributed by atoms with Crippen LogP contribution in [0.4, 0.5) is 4.79 Å². The zero-order chi connectivity index (χ0) is 16.5. The summed E-state index contributed by atoms with van der Waals surface area (Å²) in [4.78, 5) is 29.3. The number of nitrogens with zero attached hydrogens (tertiary/aromatic N) is 1. The summed E-state index contributed by atoms with van der Waals surface area (Å²) in [6.45, 7) is 1.22. The number of para-hydroxylation sites is 1. The van der Waals surface area contributed by atoms with Gasteiger partial charge in [-0.25, -0.2) is 4.79 Å². The maximum Gasteiger partial charge on any atom is 0.324 e. The molecule has 3 amide bonds. The molecule has 6 nitrogen and oxygen atoms in total. The molecule has 0 bridgehead atoms. The molecular formula is C18H21N3O3. The topological polar surface area (TPSA) is 74.4 Å². The van der Waals surface area contributed by atoms with Crippen LogP contribution in [0.2, 0.25) is 0 Å². The molecule has 3 heterocycles. The molecule has 2 unspecified atom stereocenters. The van der Waals surface area contributed by atoms with Gasteiger partial charge in [-0.1, -0.05) is 18.2 Å². The Morgan fingerprint density at radius 1 is 1.25 bits per heavy atom. The van der Waals surface area contributed by atoms with Crippen molar-refractivity contribution in [2.45, 2.75) is 37.8 Å². The highest BCUT2D eigenvalue weighted by atomic mass is 16.5. The van der Waals surface area contributed by atoms with Gasteiger partial charge in [0.1, 0.15) is 6.04 Å². The number of aromatic nitrogens is 1. The zero-order valence-electron chi connectivity index (χ0n) is 13.5. The van der Waals surface area contributed by atoms with Crippen LogP contribution >= 0.6 is 0 Å². The van der Waals surface area contributed by atoms with E-state index >= 15 is 0 Å². The van der Waals surface area contributed by atoms with Crippen LogP contribution < -0.4 is 5.32 Å². The van der Waals surface area contributed by atoms with E-state index in [-0.39, 0.29) is 18.0 Å². The first kappa shape index (κ1) is 15.2. The molecule has 0 aliphatic carbocycles. The third-order valence-electron chi connectivity index (χ3n) is 4.90. The zero-order valence-corrected chi connectivity index (χ0v) is 13.5. The van der Waals surface area contributed by atoms with Crippen molar-refractivity contribution in [1.29, 1.82) is 0 Å². The molecule has 2 aromatic rings. The summed E-state index contributed by atoms with van der Waals surface area (Å²) in [5.74, 6) is -0.136. The van der Waals surface area contributed by atoms with Gasteiger partial charge in [0.15, 0.2) is 0 Å². The van der Waals surface area contributed by atoms with E-state index in [0.717, 1.165) is 42.3 Å². The second kappa shape index (κ2) is 6.28. The van der Waals surface area contributed by atoms with Crippen LogP contribution in [0.5, 0.6) is 0 Å². The van der Waals surface area contributed by atoms with Crippen LogP contribution in [-0.2, 0) is 16.0 Å². The van der Waals surface area contributed by atoms with E-state index in [2.05, 4.69) is 10.3 Å². The first-order valence-electron chi connectivity index (χ1n) is 8.51. The number of fused-ring (bicyclic) bond motifs is 1. The molecule has 2 N–H and O–H groups in total. The lowest BCUT2D eigenvalue weighted by atomic mass is 10.0. The van der Waals surface area contributed by atoms with Crippen molar-refractivity contribution in [2.75, 3.05) is 13.2 Å². The molecular weight excluding hydrogens is 306 g/mol. The number of H-pyrrole nitrogens is 1. The molecule has 2 fully saturated rings. The Labute approximate surface area is 140 Å². The summed E-state index contributed by atoms with van der Waals surface area (Å²) < 4.78 is 5.57. The summed E-state index contributed by atoms with van der Waals surface area (Å²) in [5, 5.41) is 3.91. The molecule has 4 rings (SSSR count). The Bertz CT molecular complexity index is 764. The first-order valence-corrected chi connectivity index (χ1v) is 8.51. The third kappa shape index (κ3) is 2.78. The molecule has 2 atom stereocenters. The molecule has 0 radical (unpaired) electrons. The average molecular weight is 327 g/mol. The number of hydrogen-bond donors (Lipinski definition) is 2. The Morgan fingerprint density at radius 2 is 2.12 bits per heavy atom. The van der Waals surface area contributed by atoms with Crippen molar-refractivity contribution in [3.8, 4) is 0 Å². The van der Waals surface area contributed by atoms with Crippen molar-refractivity contribution in [2.24, 2.45) is 0 Å². The number of urea groups is 1. The molecule has 24 heavy (non-hydrogen) atoms. The second-order valence-corrected chi connectivity index (χ2v) is 6.48. The van der Waals surface area contributed by atoms with Gasteiger partial charge in [0.05, 0.1) is 6.10 Å². The monoisotopic (exact) mass is 327 g/mol. The maximum atomic E-state index is 12.6. The number of ether oxygens (including phenoxy) is 1. The normalized spacial score (nSPS) is 24.1. The van der Waals surface area contributed by atoms with Crippen LogP contribution in [0.25, 0.3) is 10.9 Å². The Morgan fingerprint density at radius 3 is 2.96 bits per heavy atom. The smallest absolute Gasteiger partial charge is 0.324 e. The van der Waals surface area contributed by atoms with E-state index in [4.69, 9.17) is 4.74 Å². The van der Waals surface area contributed by atoms with Crippen LogP contribution in [-0.4, -0.2) is 47.1 Å². The van der Waals surface area contributed by atoms with Gasteiger partial charge < -0.3 is 15.0 Å².